The zero-order valence-corrected chi connectivity index (χ0v) is 23.3. The number of aromatic nitrogens is 2. The summed E-state index contributed by atoms with van der Waals surface area (Å²) >= 11 is 0. The Balaban J connectivity index is 0.00000370. The number of hydrogen-bond donors (Lipinski definition) is 4. The predicted molar refractivity (Wildman–Crippen MR) is 151 cm³/mol. The lowest BCUT2D eigenvalue weighted by Gasteiger charge is -2.37. The molecule has 2 saturated heterocycles. The fourth-order valence-electron chi connectivity index (χ4n) is 5.31. The number of fused-ring (bicyclic) bond motifs is 1. The largest absolute Gasteiger partial charge is 0.354 e. The fourth-order valence-corrected chi connectivity index (χ4v) is 5.31. The first kappa shape index (κ1) is 29.5. The molecule has 2 aromatic rings. The van der Waals surface area contributed by atoms with Crippen molar-refractivity contribution < 1.29 is 14.4 Å². The van der Waals surface area contributed by atoms with E-state index in [0.29, 0.717) is 62.4 Å². The van der Waals surface area contributed by atoms with Gasteiger partial charge in [-0.1, -0.05) is 12.1 Å². The third kappa shape index (κ3) is 5.82. The van der Waals surface area contributed by atoms with Gasteiger partial charge in [-0.2, -0.15) is 4.98 Å². The number of carbonyl (C=O) groups excluding carboxylic acids is 3. The van der Waals surface area contributed by atoms with E-state index in [0.717, 1.165) is 0 Å². The summed E-state index contributed by atoms with van der Waals surface area (Å²) in [4.78, 5) is 59.5. The second-order valence-corrected chi connectivity index (χ2v) is 11.1. The van der Waals surface area contributed by atoms with Crippen molar-refractivity contribution in [2.75, 3.05) is 44.6 Å². The highest BCUT2D eigenvalue weighted by molar-refractivity contribution is 5.89. The first-order valence-electron chi connectivity index (χ1n) is 13.1. The Labute approximate surface area is 238 Å². The van der Waals surface area contributed by atoms with E-state index in [2.05, 4.69) is 10.3 Å². The number of nitrogens with zero attached hydrogens (tertiary/aromatic N) is 5. The van der Waals surface area contributed by atoms with Gasteiger partial charge < -0.3 is 31.9 Å². The van der Waals surface area contributed by atoms with Crippen molar-refractivity contribution in [3.63, 3.8) is 0 Å². The number of rotatable bonds is 5. The molecule has 3 aliphatic rings. The van der Waals surface area contributed by atoms with Gasteiger partial charge in [0.05, 0.1) is 11.2 Å². The molecule has 7 N–H and O–H groups in total. The molecule has 216 valence electrons. The molecule has 1 aromatic heterocycles. The van der Waals surface area contributed by atoms with E-state index in [1.54, 1.807) is 52.8 Å². The van der Waals surface area contributed by atoms with Crippen molar-refractivity contribution in [3.8, 4) is 5.69 Å². The van der Waals surface area contributed by atoms with E-state index in [1.807, 2.05) is 0 Å². The van der Waals surface area contributed by atoms with Gasteiger partial charge in [0.2, 0.25) is 11.8 Å². The SMILES string of the molecule is CC(C)(N)C(=O)N1CCN(C(=O)Nc2ccn(-c3ccc(C(N)C(=O)N4CC5C(N)C5C4)cc3)c(=O)n2)CC1.Cl. The van der Waals surface area contributed by atoms with E-state index in [9.17, 15) is 19.2 Å². The van der Waals surface area contributed by atoms with Crippen LogP contribution >= 0.6 is 12.4 Å². The van der Waals surface area contributed by atoms with Crippen molar-refractivity contribution in [2.24, 2.45) is 29.0 Å². The van der Waals surface area contributed by atoms with Gasteiger partial charge in [0.1, 0.15) is 11.9 Å². The lowest BCUT2D eigenvalue weighted by Crippen LogP contribution is -2.58. The highest BCUT2D eigenvalue weighted by Gasteiger charge is 2.55. The monoisotopic (exact) mass is 573 g/mol. The Hall–Kier alpha value is -3.52. The average Bonchev–Trinajstić information content (AvgIpc) is 3.30. The van der Waals surface area contributed by atoms with Crippen LogP contribution in [0.15, 0.2) is 41.3 Å². The van der Waals surface area contributed by atoms with Gasteiger partial charge in [0, 0.05) is 51.5 Å². The van der Waals surface area contributed by atoms with Crippen LogP contribution in [0.2, 0.25) is 0 Å². The molecule has 3 fully saturated rings. The third-order valence-corrected chi connectivity index (χ3v) is 7.81. The highest BCUT2D eigenvalue weighted by atomic mass is 35.5. The molecule has 0 radical (unpaired) electrons. The van der Waals surface area contributed by atoms with Crippen molar-refractivity contribution in [3.05, 3.63) is 52.6 Å². The standard InChI is InChI=1S/C26H35N9O4.ClH/c1-26(2,29)23(37)32-9-11-33(12-10-32)24(38)30-19-7-8-35(25(39)31-19)16-5-3-15(4-6-16)20(27)22(36)34-13-17-18(14-34)21(17)28;/h3-8,17-18,20-21H,9-14,27-29H2,1-2H3,(H,30,31,38,39);1H. The van der Waals surface area contributed by atoms with E-state index >= 15 is 0 Å². The quantitative estimate of drug-likeness (QED) is 0.368. The number of nitrogens with two attached hydrogens (primary N) is 3. The maximum Gasteiger partial charge on any atom is 0.354 e. The average molecular weight is 574 g/mol. The van der Waals surface area contributed by atoms with Gasteiger partial charge in [-0.05, 0) is 49.4 Å². The number of piperazine rings is 1. The van der Waals surface area contributed by atoms with Gasteiger partial charge in [0.25, 0.3) is 0 Å². The molecule has 1 aromatic carbocycles. The van der Waals surface area contributed by atoms with Crippen molar-refractivity contribution in [2.45, 2.75) is 31.5 Å². The minimum absolute atomic E-state index is 0. The van der Waals surface area contributed by atoms with E-state index in [1.165, 1.54) is 16.8 Å². The van der Waals surface area contributed by atoms with Gasteiger partial charge in [-0.3, -0.25) is 19.5 Å². The zero-order valence-electron chi connectivity index (χ0n) is 22.5. The summed E-state index contributed by atoms with van der Waals surface area (Å²) in [5.41, 5.74) is 17.7. The number of benzene rings is 1. The highest BCUT2D eigenvalue weighted by Crippen LogP contribution is 2.44. The molecule has 4 amide bonds. The number of carbonyl (C=O) groups is 3. The smallest absolute Gasteiger partial charge is 0.340 e. The van der Waals surface area contributed by atoms with Crippen LogP contribution in [0.1, 0.15) is 25.5 Å². The van der Waals surface area contributed by atoms with Crippen LogP contribution in [0.4, 0.5) is 10.6 Å². The van der Waals surface area contributed by atoms with Gasteiger partial charge in [-0.15, -0.1) is 12.4 Å². The van der Waals surface area contributed by atoms with Crippen LogP contribution in [0.3, 0.4) is 0 Å². The first-order chi connectivity index (χ1) is 18.4. The third-order valence-electron chi connectivity index (χ3n) is 7.81. The normalized spacial score (nSPS) is 22.7. The Morgan fingerprint density at radius 3 is 2.10 bits per heavy atom. The Kier molecular flexibility index (Phi) is 8.22. The number of urea groups is 1. The summed E-state index contributed by atoms with van der Waals surface area (Å²) in [5.74, 6) is 0.608. The molecule has 3 atom stereocenters. The molecule has 1 saturated carbocycles. The zero-order chi connectivity index (χ0) is 28.1. The molecule has 3 heterocycles. The number of nitrogens with one attached hydrogen (secondary N) is 1. The lowest BCUT2D eigenvalue weighted by molar-refractivity contribution is -0.137. The minimum atomic E-state index is -0.967. The van der Waals surface area contributed by atoms with Gasteiger partial charge in [-0.25, -0.2) is 9.59 Å². The molecular formula is C26H36ClN9O4. The van der Waals surface area contributed by atoms with Crippen molar-refractivity contribution >= 4 is 36.1 Å². The molecule has 0 bridgehead atoms. The molecule has 14 heteroatoms. The number of amides is 4. The Morgan fingerprint density at radius 1 is 0.975 bits per heavy atom. The van der Waals surface area contributed by atoms with Crippen LogP contribution in [-0.2, 0) is 9.59 Å². The lowest BCUT2D eigenvalue weighted by atomic mass is 10.1. The summed E-state index contributed by atoms with van der Waals surface area (Å²) < 4.78 is 1.33. The van der Waals surface area contributed by atoms with Gasteiger partial charge >= 0.3 is 11.7 Å². The van der Waals surface area contributed by atoms with Crippen molar-refractivity contribution in [1.29, 1.82) is 0 Å². The predicted octanol–water partition coefficient (Wildman–Crippen LogP) is -0.517. The molecule has 2 aliphatic heterocycles. The van der Waals surface area contributed by atoms with Crippen LogP contribution in [0, 0.1) is 11.8 Å². The van der Waals surface area contributed by atoms with Crippen LogP contribution in [0.5, 0.6) is 0 Å². The Bertz CT molecular complexity index is 1320. The van der Waals surface area contributed by atoms with Crippen LogP contribution in [-0.4, -0.2) is 92.9 Å². The molecule has 13 nitrogen and oxygen atoms in total. The topological polar surface area (TPSA) is 186 Å². The van der Waals surface area contributed by atoms with Crippen molar-refractivity contribution in [1.82, 2.24) is 24.3 Å². The molecule has 0 spiro atoms. The summed E-state index contributed by atoms with van der Waals surface area (Å²) in [6.45, 7) is 6.05. The summed E-state index contributed by atoms with van der Waals surface area (Å²) in [7, 11) is 0. The van der Waals surface area contributed by atoms with E-state index in [-0.39, 0.29) is 36.1 Å². The molecule has 40 heavy (non-hydrogen) atoms. The van der Waals surface area contributed by atoms with Crippen LogP contribution in [0.25, 0.3) is 5.69 Å². The maximum atomic E-state index is 12.8. The maximum absolute atomic E-state index is 12.8. The summed E-state index contributed by atoms with van der Waals surface area (Å²) in [6, 6.07) is 7.38. The minimum Gasteiger partial charge on any atom is -0.340 e. The second-order valence-electron chi connectivity index (χ2n) is 11.1. The Morgan fingerprint density at radius 2 is 1.55 bits per heavy atom. The number of anilines is 1. The number of halogens is 1. The summed E-state index contributed by atoms with van der Waals surface area (Å²) in [6.07, 6.45) is 1.52. The first-order valence-corrected chi connectivity index (χ1v) is 13.1. The molecular weight excluding hydrogens is 538 g/mol. The molecule has 5 rings (SSSR count). The van der Waals surface area contributed by atoms with E-state index < -0.39 is 23.3 Å². The number of likely N-dealkylation sites (tertiary alicyclic amines) is 1. The molecule has 1 aliphatic carbocycles. The molecule has 3 unspecified atom stereocenters. The van der Waals surface area contributed by atoms with Gasteiger partial charge in [0.15, 0.2) is 0 Å². The second kappa shape index (κ2) is 11.2. The fraction of sp³-hybridized carbons (Fsp3) is 0.500. The van der Waals surface area contributed by atoms with Crippen LogP contribution < -0.4 is 28.2 Å². The number of hydrogen-bond acceptors (Lipinski definition) is 8. The van der Waals surface area contributed by atoms with E-state index in [4.69, 9.17) is 17.2 Å². The number of piperidine rings is 1. The summed E-state index contributed by atoms with van der Waals surface area (Å²) in [5, 5.41) is 2.65.